The fourth-order valence-electron chi connectivity index (χ4n) is 5.12. The van der Waals surface area contributed by atoms with Gasteiger partial charge in [-0.1, -0.05) is 65.0 Å². The second-order valence-corrected chi connectivity index (χ2v) is 12.1. The highest BCUT2D eigenvalue weighted by molar-refractivity contribution is 7.17. The lowest BCUT2D eigenvalue weighted by Gasteiger charge is -2.42. The van der Waals surface area contributed by atoms with Crippen molar-refractivity contribution in [1.82, 2.24) is 4.90 Å². The van der Waals surface area contributed by atoms with Crippen LogP contribution >= 0.6 is 11.3 Å². The molecule has 0 saturated heterocycles. The van der Waals surface area contributed by atoms with Crippen molar-refractivity contribution in [2.24, 2.45) is 0 Å². The Morgan fingerprint density at radius 2 is 1.62 bits per heavy atom. The molecule has 1 aromatic heterocycles. The van der Waals surface area contributed by atoms with E-state index in [1.807, 2.05) is 36.2 Å². The fourth-order valence-corrected chi connectivity index (χ4v) is 6.14. The van der Waals surface area contributed by atoms with E-state index >= 15 is 0 Å². The van der Waals surface area contributed by atoms with Crippen LogP contribution in [0.3, 0.4) is 0 Å². The highest BCUT2D eigenvalue weighted by Crippen LogP contribution is 2.49. The number of thiophene rings is 1. The number of rotatable bonds is 6. The van der Waals surface area contributed by atoms with Gasteiger partial charge in [0, 0.05) is 24.0 Å². The van der Waals surface area contributed by atoms with E-state index < -0.39 is 0 Å². The smallest absolute Gasteiger partial charge is 0.263 e. The summed E-state index contributed by atoms with van der Waals surface area (Å²) in [5.74, 6) is 1.23. The molecular formula is C30H37NO2S. The Morgan fingerprint density at radius 3 is 2.24 bits per heavy atom. The van der Waals surface area contributed by atoms with Crippen molar-refractivity contribution in [3.63, 3.8) is 0 Å². The number of carbonyl (C=O) groups excluding carboxylic acids is 1. The highest BCUT2D eigenvalue weighted by atomic mass is 32.1. The van der Waals surface area contributed by atoms with Crippen LogP contribution < -0.4 is 4.74 Å². The Bertz CT molecular complexity index is 1180. The van der Waals surface area contributed by atoms with Gasteiger partial charge >= 0.3 is 0 Å². The summed E-state index contributed by atoms with van der Waals surface area (Å²) in [6.45, 7) is 12.2. The minimum absolute atomic E-state index is 0.0671. The Balaban J connectivity index is 1.62. The monoisotopic (exact) mass is 475 g/mol. The molecule has 2 aromatic carbocycles. The first-order valence-corrected chi connectivity index (χ1v) is 13.0. The number of ether oxygens (including phenoxy) is 1. The number of benzene rings is 2. The maximum absolute atomic E-state index is 13.2. The molecule has 4 heteroatoms. The molecule has 0 radical (unpaired) electrons. The molecule has 1 unspecified atom stereocenters. The summed E-state index contributed by atoms with van der Waals surface area (Å²) >= 11 is 1.55. The van der Waals surface area contributed by atoms with E-state index in [0.29, 0.717) is 6.54 Å². The van der Waals surface area contributed by atoms with Gasteiger partial charge in [0.05, 0.1) is 12.0 Å². The Kier molecular flexibility index (Phi) is 6.65. The number of hydrogen-bond acceptors (Lipinski definition) is 3. The molecule has 0 bridgehead atoms. The lowest BCUT2D eigenvalue weighted by atomic mass is 9.63. The lowest BCUT2D eigenvalue weighted by molar-refractivity contribution is 0.0793. The third kappa shape index (κ3) is 4.65. The molecule has 0 saturated carbocycles. The molecule has 0 N–H and O–H groups in total. The molecule has 1 heterocycles. The van der Waals surface area contributed by atoms with Crippen LogP contribution in [0.4, 0.5) is 0 Å². The van der Waals surface area contributed by atoms with Crippen molar-refractivity contribution < 1.29 is 9.53 Å². The summed E-state index contributed by atoms with van der Waals surface area (Å²) < 4.78 is 5.86. The van der Waals surface area contributed by atoms with Crippen LogP contribution in [0, 0.1) is 0 Å². The molecule has 34 heavy (non-hydrogen) atoms. The van der Waals surface area contributed by atoms with Crippen LogP contribution in [-0.4, -0.2) is 31.5 Å². The number of fused-ring (bicyclic) bond motifs is 1. The van der Waals surface area contributed by atoms with Gasteiger partial charge in [-0.2, -0.15) is 0 Å². The first-order chi connectivity index (χ1) is 16.0. The van der Waals surface area contributed by atoms with Crippen LogP contribution in [-0.2, 0) is 10.8 Å². The van der Waals surface area contributed by atoms with E-state index in [2.05, 4.69) is 65.0 Å². The Morgan fingerprint density at radius 1 is 1.00 bits per heavy atom. The molecule has 3 nitrogen and oxygen atoms in total. The van der Waals surface area contributed by atoms with Crippen molar-refractivity contribution in [3.8, 4) is 16.2 Å². The van der Waals surface area contributed by atoms with Crippen molar-refractivity contribution in [3.05, 3.63) is 76.2 Å². The number of hydrogen-bond donors (Lipinski definition) is 0. The normalized spacial score (nSPS) is 17.0. The molecule has 1 aliphatic rings. The van der Waals surface area contributed by atoms with Crippen LogP contribution in [0.25, 0.3) is 10.4 Å². The van der Waals surface area contributed by atoms with Gasteiger partial charge in [0.1, 0.15) is 5.75 Å². The third-order valence-electron chi connectivity index (χ3n) is 7.52. The van der Waals surface area contributed by atoms with Crippen LogP contribution in [0.1, 0.15) is 79.7 Å². The largest absolute Gasteiger partial charge is 0.496 e. The standard InChI is InChI=1S/C30H37NO2S/c1-20(21-11-9-8-10-12-21)19-31(6)28(32)27-14-13-26(34-27)22-17-23-24(18-25(22)33-7)30(4,5)16-15-29(23,2)3/h8-14,17-18,20H,15-16,19H2,1-7H3. The summed E-state index contributed by atoms with van der Waals surface area (Å²) in [5.41, 5.74) is 5.36. The number of nitrogens with zero attached hydrogens (tertiary/aromatic N) is 1. The quantitative estimate of drug-likeness (QED) is 0.366. The van der Waals surface area contributed by atoms with Crippen LogP contribution in [0.15, 0.2) is 54.6 Å². The van der Waals surface area contributed by atoms with Crippen LogP contribution in [0.2, 0.25) is 0 Å². The van der Waals surface area contributed by atoms with Gasteiger partial charge in [-0.3, -0.25) is 4.79 Å². The van der Waals surface area contributed by atoms with Crippen LogP contribution in [0.5, 0.6) is 5.75 Å². The van der Waals surface area contributed by atoms with Gasteiger partial charge in [-0.05, 0) is 70.5 Å². The molecule has 180 valence electrons. The minimum atomic E-state index is 0.0671. The highest BCUT2D eigenvalue weighted by Gasteiger charge is 2.38. The first-order valence-electron chi connectivity index (χ1n) is 12.2. The Labute approximate surface area is 208 Å². The first kappa shape index (κ1) is 24.5. The van der Waals surface area contributed by atoms with E-state index in [-0.39, 0.29) is 22.7 Å². The summed E-state index contributed by atoms with van der Waals surface area (Å²) in [6, 6.07) is 18.9. The molecule has 0 spiro atoms. The zero-order chi connectivity index (χ0) is 24.7. The summed E-state index contributed by atoms with van der Waals surface area (Å²) in [4.78, 5) is 16.9. The van der Waals surface area contributed by atoms with Gasteiger partial charge in [0.15, 0.2) is 0 Å². The molecule has 0 aliphatic heterocycles. The summed E-state index contributed by atoms with van der Waals surface area (Å²) in [5, 5.41) is 0. The summed E-state index contributed by atoms with van der Waals surface area (Å²) in [6.07, 6.45) is 2.33. The third-order valence-corrected chi connectivity index (χ3v) is 8.62. The average Bonchev–Trinajstić information content (AvgIpc) is 3.31. The second kappa shape index (κ2) is 9.22. The van der Waals surface area contributed by atoms with Crippen molar-refractivity contribution in [2.45, 2.75) is 64.2 Å². The molecule has 1 atom stereocenters. The topological polar surface area (TPSA) is 29.5 Å². The second-order valence-electron chi connectivity index (χ2n) is 11.0. The maximum Gasteiger partial charge on any atom is 0.263 e. The molecule has 1 aliphatic carbocycles. The summed E-state index contributed by atoms with van der Waals surface area (Å²) in [7, 11) is 3.63. The van der Waals surface area contributed by atoms with Crippen molar-refractivity contribution in [1.29, 1.82) is 0 Å². The zero-order valence-electron chi connectivity index (χ0n) is 21.6. The van der Waals surface area contributed by atoms with E-state index in [9.17, 15) is 4.79 Å². The van der Waals surface area contributed by atoms with E-state index in [4.69, 9.17) is 4.74 Å². The molecule has 4 rings (SSSR count). The number of likely N-dealkylation sites (N-methyl/N-ethyl adjacent to an activating group) is 1. The average molecular weight is 476 g/mol. The SMILES string of the molecule is COc1cc2c(cc1-c1ccc(C(=O)N(C)CC(C)c3ccccc3)s1)C(C)(C)CCC2(C)C. The Hall–Kier alpha value is -2.59. The maximum atomic E-state index is 13.2. The predicted octanol–water partition coefficient (Wildman–Crippen LogP) is 7.65. The number of methoxy groups -OCH3 is 1. The minimum Gasteiger partial charge on any atom is -0.496 e. The van der Waals surface area contributed by atoms with E-state index in [1.165, 1.54) is 23.1 Å². The molecule has 0 fully saturated rings. The van der Waals surface area contributed by atoms with Gasteiger partial charge in [0.2, 0.25) is 0 Å². The van der Waals surface area contributed by atoms with Crippen molar-refractivity contribution in [2.75, 3.05) is 20.7 Å². The van der Waals surface area contributed by atoms with Gasteiger partial charge in [0.25, 0.3) is 5.91 Å². The number of carbonyl (C=O) groups is 1. The zero-order valence-corrected chi connectivity index (χ0v) is 22.4. The predicted molar refractivity (Wildman–Crippen MR) is 143 cm³/mol. The van der Waals surface area contributed by atoms with Gasteiger partial charge in [-0.15, -0.1) is 11.3 Å². The van der Waals surface area contributed by atoms with E-state index in [0.717, 1.165) is 27.5 Å². The van der Waals surface area contributed by atoms with Crippen molar-refractivity contribution >= 4 is 17.2 Å². The molecular weight excluding hydrogens is 438 g/mol. The number of amides is 1. The molecule has 1 amide bonds. The molecule has 3 aromatic rings. The fraction of sp³-hybridized carbons (Fsp3) is 0.433. The van der Waals surface area contributed by atoms with E-state index in [1.54, 1.807) is 18.4 Å². The van der Waals surface area contributed by atoms with Gasteiger partial charge in [-0.25, -0.2) is 0 Å². The van der Waals surface area contributed by atoms with Gasteiger partial charge < -0.3 is 9.64 Å². The lowest BCUT2D eigenvalue weighted by Crippen LogP contribution is -2.33.